The van der Waals surface area contributed by atoms with Crippen molar-refractivity contribution in [1.82, 2.24) is 4.90 Å². The molecular formula is C24H32ClNO6. The van der Waals surface area contributed by atoms with E-state index in [1.165, 1.54) is 18.9 Å². The number of halogens is 1. The molecule has 1 amide bonds. The molecular weight excluding hydrogens is 434 g/mol. The molecule has 2 rings (SSSR count). The molecule has 0 aromatic heterocycles. The molecule has 0 bridgehead atoms. The zero-order valence-corrected chi connectivity index (χ0v) is 19.9. The van der Waals surface area contributed by atoms with Gasteiger partial charge in [0.15, 0.2) is 5.78 Å². The lowest BCUT2D eigenvalue weighted by Gasteiger charge is -2.43. The number of rotatable bonds is 9. The lowest BCUT2D eigenvalue weighted by Crippen LogP contribution is -2.54. The Kier molecular flexibility index (Phi) is 9.25. The van der Waals surface area contributed by atoms with Crippen LogP contribution in [0.15, 0.2) is 24.3 Å². The van der Waals surface area contributed by atoms with Crippen LogP contribution in [0.5, 0.6) is 0 Å². The third kappa shape index (κ3) is 5.68. The van der Waals surface area contributed by atoms with Crippen molar-refractivity contribution in [3.8, 4) is 0 Å². The molecule has 1 aromatic rings. The van der Waals surface area contributed by atoms with E-state index in [1.54, 1.807) is 24.3 Å². The summed E-state index contributed by atoms with van der Waals surface area (Å²) in [6.07, 6.45) is 2.25. The molecule has 0 saturated heterocycles. The van der Waals surface area contributed by atoms with Crippen molar-refractivity contribution in [2.45, 2.75) is 64.8 Å². The van der Waals surface area contributed by atoms with Gasteiger partial charge in [-0.15, -0.1) is 0 Å². The van der Waals surface area contributed by atoms with Gasteiger partial charge in [0.05, 0.1) is 5.92 Å². The Morgan fingerprint density at radius 2 is 1.88 bits per heavy atom. The molecule has 1 aliphatic carbocycles. The predicted octanol–water partition coefficient (Wildman–Crippen LogP) is 4.89. The number of hydrogen-bond donors (Lipinski definition) is 0. The SMILES string of the molecule is CCC(C)[C@H](CC(C)=O)C(=O)OCOC(=O)N(C)[C@@]1(c2ccccc2Cl)CCCCC1=O. The summed E-state index contributed by atoms with van der Waals surface area (Å²) >= 11 is 6.40. The Morgan fingerprint density at radius 1 is 1.19 bits per heavy atom. The van der Waals surface area contributed by atoms with Gasteiger partial charge in [-0.25, -0.2) is 4.79 Å². The molecule has 0 radical (unpaired) electrons. The van der Waals surface area contributed by atoms with E-state index < -0.39 is 30.3 Å². The predicted molar refractivity (Wildman–Crippen MR) is 120 cm³/mol. The fraction of sp³-hybridized carbons (Fsp3) is 0.583. The first-order valence-electron chi connectivity index (χ1n) is 11.0. The maximum absolute atomic E-state index is 13.1. The van der Waals surface area contributed by atoms with E-state index in [1.807, 2.05) is 13.8 Å². The van der Waals surface area contributed by atoms with E-state index in [4.69, 9.17) is 21.1 Å². The van der Waals surface area contributed by atoms with E-state index in [-0.39, 0.29) is 23.9 Å². The Morgan fingerprint density at radius 3 is 2.47 bits per heavy atom. The van der Waals surface area contributed by atoms with Crippen molar-refractivity contribution in [3.63, 3.8) is 0 Å². The number of ketones is 2. The van der Waals surface area contributed by atoms with Crippen molar-refractivity contribution in [2.75, 3.05) is 13.8 Å². The second kappa shape index (κ2) is 11.5. The van der Waals surface area contributed by atoms with Crippen molar-refractivity contribution >= 4 is 35.2 Å². The Bertz CT molecular complexity index is 857. The molecule has 3 atom stereocenters. The number of esters is 1. The third-order valence-corrected chi connectivity index (χ3v) is 6.67. The van der Waals surface area contributed by atoms with Crippen LogP contribution in [0.1, 0.15) is 64.9 Å². The molecule has 1 unspecified atom stereocenters. The number of Topliss-reactive ketones (excluding diaryl/α,β-unsaturated/α-hetero) is 2. The summed E-state index contributed by atoms with van der Waals surface area (Å²) in [5.41, 5.74) is -0.674. The Labute approximate surface area is 194 Å². The molecule has 0 aliphatic heterocycles. The minimum absolute atomic E-state index is 0.0480. The Balaban J connectivity index is 2.12. The normalized spacial score (nSPS) is 20.2. The van der Waals surface area contributed by atoms with Crippen LogP contribution in [-0.4, -0.2) is 42.4 Å². The van der Waals surface area contributed by atoms with Gasteiger partial charge in [-0.2, -0.15) is 0 Å². The molecule has 0 N–H and O–H groups in total. The molecule has 1 fully saturated rings. The molecule has 7 nitrogen and oxygen atoms in total. The lowest BCUT2D eigenvalue weighted by molar-refractivity contribution is -0.161. The van der Waals surface area contributed by atoms with E-state index in [9.17, 15) is 19.2 Å². The van der Waals surface area contributed by atoms with Crippen molar-refractivity contribution in [2.24, 2.45) is 11.8 Å². The molecule has 176 valence electrons. The highest BCUT2D eigenvalue weighted by molar-refractivity contribution is 6.31. The second-order valence-corrected chi connectivity index (χ2v) is 8.83. The largest absolute Gasteiger partial charge is 0.428 e. The topological polar surface area (TPSA) is 90.0 Å². The number of ether oxygens (including phenoxy) is 2. The minimum atomic E-state index is -1.23. The van der Waals surface area contributed by atoms with Gasteiger partial charge in [0.2, 0.25) is 6.79 Å². The smallest absolute Gasteiger partial charge is 0.413 e. The highest BCUT2D eigenvalue weighted by Gasteiger charge is 2.48. The van der Waals surface area contributed by atoms with E-state index >= 15 is 0 Å². The number of carbonyl (C=O) groups is 4. The average Bonchev–Trinajstić information content (AvgIpc) is 2.77. The van der Waals surface area contributed by atoms with Crippen molar-refractivity contribution in [3.05, 3.63) is 34.9 Å². The van der Waals surface area contributed by atoms with Gasteiger partial charge in [-0.3, -0.25) is 14.5 Å². The first-order chi connectivity index (χ1) is 15.1. The molecule has 32 heavy (non-hydrogen) atoms. The van der Waals surface area contributed by atoms with Crippen molar-refractivity contribution < 1.29 is 28.7 Å². The van der Waals surface area contributed by atoms with E-state index in [2.05, 4.69) is 0 Å². The van der Waals surface area contributed by atoms with Crippen LogP contribution in [0.3, 0.4) is 0 Å². The fourth-order valence-corrected chi connectivity index (χ4v) is 4.53. The van der Waals surface area contributed by atoms with Crippen LogP contribution in [-0.2, 0) is 29.4 Å². The molecule has 8 heteroatoms. The molecule has 1 aliphatic rings. The number of likely N-dealkylation sites (N-methyl/N-ethyl adjacent to an activating group) is 1. The van der Waals surface area contributed by atoms with Gasteiger partial charge in [0.25, 0.3) is 0 Å². The summed E-state index contributed by atoms with van der Waals surface area (Å²) in [6, 6.07) is 6.97. The van der Waals surface area contributed by atoms with E-state index in [0.29, 0.717) is 29.8 Å². The van der Waals surface area contributed by atoms with Gasteiger partial charge in [-0.1, -0.05) is 50.1 Å². The summed E-state index contributed by atoms with van der Waals surface area (Å²) in [7, 11) is 1.49. The lowest BCUT2D eigenvalue weighted by atomic mass is 9.74. The fourth-order valence-electron chi connectivity index (χ4n) is 4.24. The summed E-state index contributed by atoms with van der Waals surface area (Å²) in [4.78, 5) is 51.2. The summed E-state index contributed by atoms with van der Waals surface area (Å²) in [5.74, 6) is -1.44. The zero-order valence-electron chi connectivity index (χ0n) is 19.2. The summed E-state index contributed by atoms with van der Waals surface area (Å²) in [5, 5.41) is 0.398. The summed E-state index contributed by atoms with van der Waals surface area (Å²) < 4.78 is 10.3. The first kappa shape index (κ1) is 25.8. The average molecular weight is 466 g/mol. The third-order valence-electron chi connectivity index (χ3n) is 6.34. The highest BCUT2D eigenvalue weighted by Crippen LogP contribution is 2.42. The standard InChI is InChI=1S/C24H32ClNO6/c1-5-16(2)18(14-17(3)27)22(29)31-15-32-23(30)26(4)24(13-9-8-12-21(24)28)19-10-6-7-11-20(19)25/h6-7,10-11,16,18H,5,8-9,12-15H2,1-4H3/t16?,18-,24+/m0/s1. The minimum Gasteiger partial charge on any atom is -0.428 e. The van der Waals surface area contributed by atoms with Crippen LogP contribution in [0.25, 0.3) is 0 Å². The molecule has 1 saturated carbocycles. The van der Waals surface area contributed by atoms with Crippen LogP contribution >= 0.6 is 11.6 Å². The van der Waals surface area contributed by atoms with Gasteiger partial charge in [-0.05, 0) is 38.2 Å². The van der Waals surface area contributed by atoms with Crippen molar-refractivity contribution in [1.29, 1.82) is 0 Å². The Hall–Kier alpha value is -2.41. The van der Waals surface area contributed by atoms with E-state index in [0.717, 1.165) is 12.8 Å². The van der Waals surface area contributed by atoms with Gasteiger partial charge in [0.1, 0.15) is 11.3 Å². The molecule has 1 aromatic carbocycles. The van der Waals surface area contributed by atoms with Gasteiger partial charge < -0.3 is 14.3 Å². The molecule has 0 heterocycles. The number of carbonyl (C=O) groups excluding carboxylic acids is 4. The van der Waals surface area contributed by atoms with Gasteiger partial charge >= 0.3 is 12.1 Å². The number of benzene rings is 1. The second-order valence-electron chi connectivity index (χ2n) is 8.42. The zero-order chi connectivity index (χ0) is 23.9. The molecule has 0 spiro atoms. The number of amides is 1. The summed E-state index contributed by atoms with van der Waals surface area (Å²) in [6.45, 7) is 4.62. The van der Waals surface area contributed by atoms with Crippen LogP contribution < -0.4 is 0 Å². The number of hydrogen-bond acceptors (Lipinski definition) is 6. The van der Waals surface area contributed by atoms with Crippen LogP contribution in [0.4, 0.5) is 4.79 Å². The monoisotopic (exact) mass is 465 g/mol. The number of nitrogens with zero attached hydrogens (tertiary/aromatic N) is 1. The first-order valence-corrected chi connectivity index (χ1v) is 11.4. The van der Waals surface area contributed by atoms with Crippen LogP contribution in [0, 0.1) is 11.8 Å². The quantitative estimate of drug-likeness (QED) is 0.381. The van der Waals surface area contributed by atoms with Gasteiger partial charge in [0, 0.05) is 30.5 Å². The maximum atomic E-state index is 13.1. The highest BCUT2D eigenvalue weighted by atomic mass is 35.5. The van der Waals surface area contributed by atoms with Crippen LogP contribution in [0.2, 0.25) is 5.02 Å². The maximum Gasteiger partial charge on any atom is 0.413 e.